The topological polar surface area (TPSA) is 49.4 Å². The van der Waals surface area contributed by atoms with E-state index in [0.717, 1.165) is 6.42 Å². The van der Waals surface area contributed by atoms with Crippen LogP contribution in [-0.2, 0) is 10.0 Å². The molecule has 0 radical (unpaired) electrons. The summed E-state index contributed by atoms with van der Waals surface area (Å²) in [5, 5.41) is 3.17. The van der Waals surface area contributed by atoms with Gasteiger partial charge in [0.2, 0.25) is 10.0 Å². The van der Waals surface area contributed by atoms with Crippen LogP contribution in [0.3, 0.4) is 0 Å². The first-order valence-corrected chi connectivity index (χ1v) is 8.58. The Kier molecular flexibility index (Phi) is 5.62. The zero-order valence-electron chi connectivity index (χ0n) is 12.3. The van der Waals surface area contributed by atoms with Crippen molar-refractivity contribution in [2.24, 2.45) is 11.8 Å². The van der Waals surface area contributed by atoms with Gasteiger partial charge in [-0.2, -0.15) is 4.31 Å². The van der Waals surface area contributed by atoms with Crippen molar-refractivity contribution in [2.75, 3.05) is 18.8 Å². The van der Waals surface area contributed by atoms with Gasteiger partial charge >= 0.3 is 0 Å². The number of rotatable bonds is 5. The number of piperidine rings is 1. The molecule has 4 nitrogen and oxygen atoms in total. The highest BCUT2D eigenvalue weighted by molar-refractivity contribution is 7.89. The van der Waals surface area contributed by atoms with E-state index in [2.05, 4.69) is 19.2 Å². The summed E-state index contributed by atoms with van der Waals surface area (Å²) in [6.45, 7) is 11.6. The molecule has 0 aliphatic carbocycles. The summed E-state index contributed by atoms with van der Waals surface area (Å²) in [7, 11) is -3.12. The maximum absolute atomic E-state index is 12.4. The van der Waals surface area contributed by atoms with Crippen molar-refractivity contribution in [3.63, 3.8) is 0 Å². The van der Waals surface area contributed by atoms with Crippen LogP contribution >= 0.6 is 0 Å². The molecule has 3 unspecified atom stereocenters. The summed E-state index contributed by atoms with van der Waals surface area (Å²) in [5.74, 6) is 1.11. The van der Waals surface area contributed by atoms with Gasteiger partial charge in [0.15, 0.2) is 0 Å². The van der Waals surface area contributed by atoms with Crippen molar-refractivity contribution in [3.8, 4) is 0 Å². The first-order valence-electron chi connectivity index (χ1n) is 6.97. The van der Waals surface area contributed by atoms with Gasteiger partial charge in [0.1, 0.15) is 0 Å². The van der Waals surface area contributed by atoms with E-state index in [1.54, 1.807) is 4.31 Å². The first kappa shape index (κ1) is 15.9. The molecule has 18 heavy (non-hydrogen) atoms. The van der Waals surface area contributed by atoms with Crippen molar-refractivity contribution in [3.05, 3.63) is 0 Å². The van der Waals surface area contributed by atoms with Gasteiger partial charge in [-0.3, -0.25) is 0 Å². The Balaban J connectivity index is 2.65. The Hall–Kier alpha value is -0.130. The molecule has 0 aromatic heterocycles. The second-order valence-corrected chi connectivity index (χ2v) is 8.09. The van der Waals surface area contributed by atoms with Crippen LogP contribution in [-0.4, -0.2) is 43.6 Å². The van der Waals surface area contributed by atoms with E-state index in [1.807, 2.05) is 20.8 Å². The fraction of sp³-hybridized carbons (Fsp3) is 1.00. The van der Waals surface area contributed by atoms with Crippen LogP contribution in [0.25, 0.3) is 0 Å². The van der Waals surface area contributed by atoms with Gasteiger partial charge in [-0.25, -0.2) is 8.42 Å². The molecule has 1 heterocycles. The molecule has 5 heteroatoms. The van der Waals surface area contributed by atoms with E-state index in [-0.39, 0.29) is 11.8 Å². The van der Waals surface area contributed by atoms with Gasteiger partial charge in [0.05, 0.1) is 5.75 Å². The van der Waals surface area contributed by atoms with E-state index >= 15 is 0 Å². The molecule has 3 atom stereocenters. The molecule has 0 bridgehead atoms. The Morgan fingerprint density at radius 3 is 2.44 bits per heavy atom. The van der Waals surface area contributed by atoms with E-state index in [1.165, 1.54) is 0 Å². The fourth-order valence-corrected chi connectivity index (χ4v) is 4.43. The minimum Gasteiger partial charge on any atom is -0.313 e. The Morgan fingerprint density at radius 2 is 1.89 bits per heavy atom. The molecule has 0 aromatic rings. The van der Waals surface area contributed by atoms with Crippen LogP contribution in [0.15, 0.2) is 0 Å². The van der Waals surface area contributed by atoms with Crippen LogP contribution < -0.4 is 5.32 Å². The van der Waals surface area contributed by atoms with Crippen LogP contribution in [0.1, 0.15) is 41.0 Å². The molecule has 0 saturated carbocycles. The van der Waals surface area contributed by atoms with Gasteiger partial charge in [-0.05, 0) is 25.2 Å². The largest absolute Gasteiger partial charge is 0.313 e. The van der Waals surface area contributed by atoms with Crippen molar-refractivity contribution in [1.29, 1.82) is 0 Å². The lowest BCUT2D eigenvalue weighted by Gasteiger charge is -2.40. The zero-order valence-corrected chi connectivity index (χ0v) is 13.1. The highest BCUT2D eigenvalue weighted by Crippen LogP contribution is 2.28. The average Bonchev–Trinajstić information content (AvgIpc) is 2.22. The van der Waals surface area contributed by atoms with E-state index in [0.29, 0.717) is 31.0 Å². The van der Waals surface area contributed by atoms with Crippen molar-refractivity contribution >= 4 is 10.0 Å². The third-order valence-corrected chi connectivity index (χ3v) is 5.73. The number of hydrogen-bond acceptors (Lipinski definition) is 3. The molecule has 1 fully saturated rings. The quantitative estimate of drug-likeness (QED) is 0.831. The second kappa shape index (κ2) is 6.35. The smallest absolute Gasteiger partial charge is 0.215 e. The normalized spacial score (nSPS) is 30.9. The van der Waals surface area contributed by atoms with Crippen molar-refractivity contribution < 1.29 is 8.42 Å². The minimum atomic E-state index is -3.12. The Bertz CT molecular complexity index is 354. The summed E-state index contributed by atoms with van der Waals surface area (Å²) in [5.41, 5.74) is 0. The van der Waals surface area contributed by atoms with Gasteiger partial charge in [0.25, 0.3) is 0 Å². The number of sulfonamides is 1. The Morgan fingerprint density at radius 1 is 1.28 bits per heavy atom. The van der Waals surface area contributed by atoms with Crippen molar-refractivity contribution in [2.45, 2.75) is 53.1 Å². The van der Waals surface area contributed by atoms with Crippen LogP contribution in [0.4, 0.5) is 0 Å². The number of nitrogens with one attached hydrogen (secondary N) is 1. The summed E-state index contributed by atoms with van der Waals surface area (Å²) < 4.78 is 26.4. The van der Waals surface area contributed by atoms with Crippen LogP contribution in [0.2, 0.25) is 0 Å². The van der Waals surface area contributed by atoms with Gasteiger partial charge < -0.3 is 5.32 Å². The fourth-order valence-electron chi connectivity index (χ4n) is 2.62. The zero-order chi connectivity index (χ0) is 13.9. The molecular formula is C13H28N2O2S. The van der Waals surface area contributed by atoms with Crippen molar-refractivity contribution in [1.82, 2.24) is 9.62 Å². The van der Waals surface area contributed by atoms with E-state index in [9.17, 15) is 8.42 Å². The number of hydrogen-bond donors (Lipinski definition) is 1. The molecule has 1 saturated heterocycles. The van der Waals surface area contributed by atoms with Crippen LogP contribution in [0.5, 0.6) is 0 Å². The second-order valence-electron chi connectivity index (χ2n) is 6.05. The highest BCUT2D eigenvalue weighted by Gasteiger charge is 2.35. The lowest BCUT2D eigenvalue weighted by atomic mass is 9.88. The lowest BCUT2D eigenvalue weighted by molar-refractivity contribution is 0.157. The highest BCUT2D eigenvalue weighted by atomic mass is 32.2. The molecule has 0 aromatic carbocycles. The minimum absolute atomic E-state index is 0.130. The predicted octanol–water partition coefficient (Wildman–Crippen LogP) is 1.68. The summed E-state index contributed by atoms with van der Waals surface area (Å²) in [6, 6.07) is 0.460. The third kappa shape index (κ3) is 4.21. The number of nitrogens with zero attached hydrogens (tertiary/aromatic N) is 1. The van der Waals surface area contributed by atoms with E-state index in [4.69, 9.17) is 0 Å². The van der Waals surface area contributed by atoms with Gasteiger partial charge in [-0.15, -0.1) is 0 Å². The maximum Gasteiger partial charge on any atom is 0.215 e. The van der Waals surface area contributed by atoms with Gasteiger partial charge in [0, 0.05) is 25.2 Å². The Labute approximate surface area is 112 Å². The SMILES string of the molecule is CC1CC(C)C(C)N(S(=O)(=O)CCNC(C)C)C1. The first-order chi connectivity index (χ1) is 8.24. The van der Waals surface area contributed by atoms with Crippen LogP contribution in [0, 0.1) is 11.8 Å². The summed E-state index contributed by atoms with van der Waals surface area (Å²) in [6.07, 6.45) is 1.12. The molecule has 1 N–H and O–H groups in total. The molecule has 1 aliphatic heterocycles. The predicted molar refractivity (Wildman–Crippen MR) is 76.0 cm³/mol. The molecule has 0 amide bonds. The molecule has 108 valence electrons. The summed E-state index contributed by atoms with van der Waals surface area (Å²) in [4.78, 5) is 0. The molecule has 1 aliphatic rings. The van der Waals surface area contributed by atoms with Gasteiger partial charge in [-0.1, -0.05) is 27.7 Å². The monoisotopic (exact) mass is 276 g/mol. The molecule has 1 rings (SSSR count). The summed E-state index contributed by atoms with van der Waals surface area (Å²) >= 11 is 0. The van der Waals surface area contributed by atoms with E-state index < -0.39 is 10.0 Å². The average molecular weight is 276 g/mol. The standard InChI is InChI=1S/C13H28N2O2S/c1-10(2)14-6-7-18(16,17)15-9-11(3)8-12(4)13(15)5/h10-14H,6-9H2,1-5H3. The molecule has 0 spiro atoms. The maximum atomic E-state index is 12.4. The lowest BCUT2D eigenvalue weighted by Crippen LogP contribution is -2.50. The third-order valence-electron chi connectivity index (χ3n) is 3.81. The molecular weight excluding hydrogens is 248 g/mol.